The van der Waals surface area contributed by atoms with Crippen molar-refractivity contribution >= 4 is 53.4 Å². The second kappa shape index (κ2) is 7.20. The van der Waals surface area contributed by atoms with Crippen molar-refractivity contribution in [3.63, 3.8) is 0 Å². The minimum Gasteiger partial charge on any atom is -0.0616 e. The van der Waals surface area contributed by atoms with Crippen LogP contribution in [0.25, 0.3) is 43.8 Å². The van der Waals surface area contributed by atoms with E-state index in [1.54, 1.807) is 0 Å². The van der Waals surface area contributed by atoms with Crippen molar-refractivity contribution in [2.75, 3.05) is 0 Å². The first kappa shape index (κ1) is 17.7. The fourth-order valence-corrected chi connectivity index (χ4v) is 4.51. The van der Waals surface area contributed by atoms with Gasteiger partial charge in [0.1, 0.15) is 0 Å². The number of fused-ring (bicyclic) bond motifs is 2. The van der Waals surface area contributed by atoms with Crippen LogP contribution in [0.4, 0.5) is 0 Å². The third-order valence-corrected chi connectivity index (χ3v) is 6.25. The molecule has 28 heavy (non-hydrogen) atoms. The Bertz CT molecular complexity index is 1140. The minimum atomic E-state index is 1.09. The summed E-state index contributed by atoms with van der Waals surface area (Å²) in [7, 11) is 0. The smallest absolute Gasteiger partial charge is 0.0175 e. The topological polar surface area (TPSA) is 0 Å². The van der Waals surface area contributed by atoms with E-state index in [0.29, 0.717) is 0 Å². The SMILES string of the molecule is Brc1ccc(-c2c3ccccc3c(-c3ccc(Br)cc3)c3ccccc23)cc1. The molecule has 0 radical (unpaired) electrons. The molecule has 0 aromatic heterocycles. The van der Waals surface area contributed by atoms with Gasteiger partial charge in [0.25, 0.3) is 0 Å². The molecule has 0 spiro atoms. The van der Waals surface area contributed by atoms with Gasteiger partial charge in [-0.3, -0.25) is 0 Å². The van der Waals surface area contributed by atoms with Gasteiger partial charge in [-0.25, -0.2) is 0 Å². The predicted molar refractivity (Wildman–Crippen MR) is 128 cm³/mol. The summed E-state index contributed by atoms with van der Waals surface area (Å²) in [4.78, 5) is 0. The molecule has 5 aromatic carbocycles. The average Bonchev–Trinajstić information content (AvgIpc) is 2.74. The summed E-state index contributed by atoms with van der Waals surface area (Å²) in [5.41, 5.74) is 5.05. The Kier molecular flexibility index (Phi) is 4.54. The van der Waals surface area contributed by atoms with Gasteiger partial charge in [-0.05, 0) is 68.1 Å². The van der Waals surface area contributed by atoms with Crippen LogP contribution in [0, 0.1) is 0 Å². The molecule has 0 saturated carbocycles. The zero-order valence-electron chi connectivity index (χ0n) is 15.0. The quantitative estimate of drug-likeness (QED) is 0.218. The van der Waals surface area contributed by atoms with Crippen molar-refractivity contribution < 1.29 is 0 Å². The summed E-state index contributed by atoms with van der Waals surface area (Å²) in [6.45, 7) is 0. The highest BCUT2D eigenvalue weighted by Gasteiger charge is 2.16. The van der Waals surface area contributed by atoms with Crippen molar-refractivity contribution in [2.45, 2.75) is 0 Å². The van der Waals surface area contributed by atoms with E-state index in [1.807, 2.05) is 0 Å². The largest absolute Gasteiger partial charge is 0.0616 e. The molecular weight excluding hydrogens is 472 g/mol. The molecule has 0 aliphatic heterocycles. The molecule has 0 aliphatic carbocycles. The van der Waals surface area contributed by atoms with E-state index in [2.05, 4.69) is 129 Å². The van der Waals surface area contributed by atoms with E-state index in [0.717, 1.165) is 8.95 Å². The molecule has 0 unspecified atom stereocenters. The lowest BCUT2D eigenvalue weighted by molar-refractivity contribution is 1.62. The summed E-state index contributed by atoms with van der Waals surface area (Å²) in [6.07, 6.45) is 0. The number of benzene rings is 5. The Morgan fingerprint density at radius 1 is 0.357 bits per heavy atom. The molecule has 0 atom stereocenters. The van der Waals surface area contributed by atoms with Crippen LogP contribution in [0.1, 0.15) is 0 Å². The first-order valence-electron chi connectivity index (χ1n) is 9.18. The number of hydrogen-bond donors (Lipinski definition) is 0. The van der Waals surface area contributed by atoms with E-state index in [4.69, 9.17) is 0 Å². The van der Waals surface area contributed by atoms with Crippen molar-refractivity contribution in [2.24, 2.45) is 0 Å². The normalized spacial score (nSPS) is 11.2. The molecule has 0 bridgehead atoms. The molecule has 0 fully saturated rings. The molecule has 0 heterocycles. The second-order valence-electron chi connectivity index (χ2n) is 6.85. The average molecular weight is 488 g/mol. The Morgan fingerprint density at radius 3 is 0.929 bits per heavy atom. The van der Waals surface area contributed by atoms with Gasteiger partial charge < -0.3 is 0 Å². The molecule has 5 aromatic rings. The van der Waals surface area contributed by atoms with Gasteiger partial charge in [0, 0.05) is 8.95 Å². The summed E-state index contributed by atoms with van der Waals surface area (Å²) >= 11 is 7.12. The van der Waals surface area contributed by atoms with Crippen LogP contribution < -0.4 is 0 Å². The van der Waals surface area contributed by atoms with E-state index in [-0.39, 0.29) is 0 Å². The van der Waals surface area contributed by atoms with Gasteiger partial charge in [0.15, 0.2) is 0 Å². The van der Waals surface area contributed by atoms with Crippen LogP contribution in [-0.4, -0.2) is 0 Å². The van der Waals surface area contributed by atoms with Crippen molar-refractivity contribution in [3.8, 4) is 22.3 Å². The van der Waals surface area contributed by atoms with Gasteiger partial charge in [0.2, 0.25) is 0 Å². The maximum absolute atomic E-state index is 3.56. The lowest BCUT2D eigenvalue weighted by Gasteiger charge is -2.17. The first-order chi connectivity index (χ1) is 13.7. The van der Waals surface area contributed by atoms with Crippen LogP contribution in [-0.2, 0) is 0 Å². The lowest BCUT2D eigenvalue weighted by Crippen LogP contribution is -1.90. The monoisotopic (exact) mass is 486 g/mol. The summed E-state index contributed by atoms with van der Waals surface area (Å²) in [5.74, 6) is 0. The summed E-state index contributed by atoms with van der Waals surface area (Å²) in [6, 6.07) is 34.7. The highest BCUT2D eigenvalue weighted by molar-refractivity contribution is 9.10. The molecule has 5 rings (SSSR count). The molecule has 0 aliphatic rings. The van der Waals surface area contributed by atoms with Crippen LogP contribution in [0.2, 0.25) is 0 Å². The maximum atomic E-state index is 3.56. The fraction of sp³-hybridized carbons (Fsp3) is 0. The standard InChI is InChI=1S/C26H16Br2/c27-19-13-9-17(10-14-19)25-21-5-1-2-6-22(21)26(18-11-15-20(28)16-12-18)24-8-4-3-7-23(24)25/h1-16H. The Balaban J connectivity index is 1.96. The van der Waals surface area contributed by atoms with E-state index < -0.39 is 0 Å². The molecule has 0 N–H and O–H groups in total. The lowest BCUT2D eigenvalue weighted by atomic mass is 9.86. The van der Waals surface area contributed by atoms with Gasteiger partial charge in [-0.2, -0.15) is 0 Å². The maximum Gasteiger partial charge on any atom is 0.0175 e. The van der Waals surface area contributed by atoms with Gasteiger partial charge in [-0.15, -0.1) is 0 Å². The van der Waals surface area contributed by atoms with Crippen molar-refractivity contribution in [1.82, 2.24) is 0 Å². The van der Waals surface area contributed by atoms with Crippen LogP contribution >= 0.6 is 31.9 Å². The molecular formula is C26H16Br2. The van der Waals surface area contributed by atoms with Gasteiger partial charge >= 0.3 is 0 Å². The highest BCUT2D eigenvalue weighted by atomic mass is 79.9. The van der Waals surface area contributed by atoms with Crippen molar-refractivity contribution in [3.05, 3.63) is 106 Å². The molecule has 0 amide bonds. The van der Waals surface area contributed by atoms with Gasteiger partial charge in [-0.1, -0.05) is 105 Å². The number of halogens is 2. The summed E-state index contributed by atoms with van der Waals surface area (Å²) < 4.78 is 2.19. The number of hydrogen-bond acceptors (Lipinski definition) is 0. The zero-order valence-corrected chi connectivity index (χ0v) is 18.2. The molecule has 134 valence electrons. The number of rotatable bonds is 2. The van der Waals surface area contributed by atoms with E-state index >= 15 is 0 Å². The van der Waals surface area contributed by atoms with Crippen LogP contribution in [0.3, 0.4) is 0 Å². The van der Waals surface area contributed by atoms with Crippen LogP contribution in [0.5, 0.6) is 0 Å². The zero-order chi connectivity index (χ0) is 19.1. The van der Waals surface area contributed by atoms with Gasteiger partial charge in [0.05, 0.1) is 0 Å². The Hall–Kier alpha value is -2.42. The summed E-state index contributed by atoms with van der Waals surface area (Å²) in [5, 5.41) is 5.12. The Labute approximate surface area is 181 Å². The Morgan fingerprint density at radius 2 is 0.643 bits per heavy atom. The molecule has 2 heteroatoms. The molecule has 0 saturated heterocycles. The first-order valence-corrected chi connectivity index (χ1v) is 10.8. The third kappa shape index (κ3) is 2.97. The van der Waals surface area contributed by atoms with Crippen molar-refractivity contribution in [1.29, 1.82) is 0 Å². The van der Waals surface area contributed by atoms with E-state index in [1.165, 1.54) is 43.8 Å². The van der Waals surface area contributed by atoms with Crippen LogP contribution in [0.15, 0.2) is 106 Å². The fourth-order valence-electron chi connectivity index (χ4n) is 3.98. The second-order valence-corrected chi connectivity index (χ2v) is 8.69. The predicted octanol–water partition coefficient (Wildman–Crippen LogP) is 8.85. The molecule has 0 nitrogen and oxygen atoms in total. The third-order valence-electron chi connectivity index (χ3n) is 5.20. The highest BCUT2D eigenvalue weighted by Crippen LogP contribution is 2.43. The minimum absolute atomic E-state index is 1.09. The van der Waals surface area contributed by atoms with E-state index in [9.17, 15) is 0 Å².